The van der Waals surface area contributed by atoms with E-state index >= 15 is 0 Å². The maximum Gasteiger partial charge on any atom is 0.409 e. The Morgan fingerprint density at radius 1 is 1.00 bits per heavy atom. The molecule has 0 saturated heterocycles. The van der Waals surface area contributed by atoms with E-state index in [4.69, 9.17) is 9.47 Å². The van der Waals surface area contributed by atoms with Gasteiger partial charge in [-0.25, -0.2) is 4.79 Å². The highest BCUT2D eigenvalue weighted by atomic mass is 127. The molecule has 0 spiro atoms. The molecule has 1 amide bonds. The van der Waals surface area contributed by atoms with Gasteiger partial charge in [0.15, 0.2) is 0 Å². The van der Waals surface area contributed by atoms with Crippen molar-refractivity contribution in [2.45, 2.75) is 39.7 Å². The highest BCUT2D eigenvalue weighted by Crippen LogP contribution is 2.28. The molecule has 2 aromatic carbocycles. The van der Waals surface area contributed by atoms with E-state index in [1.54, 1.807) is 18.9 Å². The fourth-order valence-electron chi connectivity index (χ4n) is 3.33. The number of hydrogen-bond donors (Lipinski definition) is 0. The fraction of sp³-hybridized carbons (Fsp3) is 0.440. The van der Waals surface area contributed by atoms with Crippen LogP contribution in [0.4, 0.5) is 4.79 Å². The van der Waals surface area contributed by atoms with Crippen LogP contribution < -0.4 is 0 Å². The summed E-state index contributed by atoms with van der Waals surface area (Å²) in [5, 5.41) is 0. The Kier molecular flexibility index (Phi) is 9.06. The average molecular weight is 537 g/mol. The number of nitrogens with zero attached hydrogens (tertiary/aromatic N) is 1. The Morgan fingerprint density at radius 2 is 1.68 bits per heavy atom. The van der Waals surface area contributed by atoms with Gasteiger partial charge in [-0.05, 0) is 59.7 Å². The van der Waals surface area contributed by atoms with E-state index in [2.05, 4.69) is 22.6 Å². The number of ether oxygens (including phenoxy) is 2. The second-order valence-corrected chi connectivity index (χ2v) is 10.2. The Bertz CT molecular complexity index is 884. The second kappa shape index (κ2) is 11.1. The summed E-state index contributed by atoms with van der Waals surface area (Å²) in [6.07, 6.45) is -0.371. The van der Waals surface area contributed by atoms with Crippen LogP contribution >= 0.6 is 22.6 Å². The van der Waals surface area contributed by atoms with Crippen molar-refractivity contribution in [1.82, 2.24) is 4.90 Å². The molecule has 0 bridgehead atoms. The van der Waals surface area contributed by atoms with Crippen LogP contribution in [0.2, 0.25) is 0 Å². The summed E-state index contributed by atoms with van der Waals surface area (Å²) in [6.45, 7) is 9.00. The van der Waals surface area contributed by atoms with Gasteiger partial charge in [0.2, 0.25) is 0 Å². The molecule has 5 nitrogen and oxygen atoms in total. The molecule has 1 atom stereocenters. The van der Waals surface area contributed by atoms with Gasteiger partial charge >= 0.3 is 6.09 Å². The van der Waals surface area contributed by atoms with Gasteiger partial charge in [0.1, 0.15) is 12.4 Å². The summed E-state index contributed by atoms with van der Waals surface area (Å²) in [6, 6.07) is 17.5. The lowest BCUT2D eigenvalue weighted by atomic mass is 9.80. The van der Waals surface area contributed by atoms with Crippen LogP contribution in [-0.2, 0) is 26.3 Å². The minimum atomic E-state index is -0.711. The molecule has 0 fully saturated rings. The first-order valence-electron chi connectivity index (χ1n) is 10.3. The smallest absolute Gasteiger partial charge is 0.409 e. The van der Waals surface area contributed by atoms with Crippen molar-refractivity contribution >= 4 is 34.5 Å². The summed E-state index contributed by atoms with van der Waals surface area (Å²) in [7, 11) is 1.72. The normalized spacial score (nSPS) is 13.4. The van der Waals surface area contributed by atoms with Crippen molar-refractivity contribution in [3.05, 3.63) is 69.3 Å². The Balaban J connectivity index is 1.89. The van der Waals surface area contributed by atoms with Crippen LogP contribution in [0.1, 0.15) is 38.8 Å². The number of rotatable bonds is 10. The largest absolute Gasteiger partial charge is 0.445 e. The van der Waals surface area contributed by atoms with Gasteiger partial charge in [-0.15, -0.1) is 0 Å². The van der Waals surface area contributed by atoms with Gasteiger partial charge in [-0.1, -0.05) is 56.3 Å². The predicted octanol–water partition coefficient (Wildman–Crippen LogP) is 5.45. The van der Waals surface area contributed by atoms with E-state index in [0.717, 1.165) is 14.7 Å². The molecule has 0 radical (unpaired) electrons. The van der Waals surface area contributed by atoms with Gasteiger partial charge in [0.05, 0.1) is 18.6 Å². The van der Waals surface area contributed by atoms with E-state index in [1.165, 1.54) is 0 Å². The lowest BCUT2D eigenvalue weighted by molar-refractivity contribution is -0.124. The number of benzene rings is 2. The van der Waals surface area contributed by atoms with Gasteiger partial charge in [0.25, 0.3) is 0 Å². The molecule has 0 heterocycles. The van der Waals surface area contributed by atoms with Crippen molar-refractivity contribution in [3.63, 3.8) is 0 Å². The third-order valence-electron chi connectivity index (χ3n) is 5.30. The predicted molar refractivity (Wildman–Crippen MR) is 131 cm³/mol. The van der Waals surface area contributed by atoms with E-state index in [1.807, 2.05) is 75.4 Å². The van der Waals surface area contributed by atoms with Gasteiger partial charge in [-0.3, -0.25) is 4.79 Å². The minimum absolute atomic E-state index is 0.0638. The zero-order valence-electron chi connectivity index (χ0n) is 19.0. The third kappa shape index (κ3) is 7.61. The summed E-state index contributed by atoms with van der Waals surface area (Å²) >= 11 is 2.25. The standard InChI is InChI=1S/C25H32INO4/c1-19(28)25(4,21-12-9-13-22(26)14-21)18-30-17-24(2,3)16-27(5)23(29)31-15-20-10-7-6-8-11-20/h6-14H,15-18H2,1-5H3. The topological polar surface area (TPSA) is 55.8 Å². The summed E-state index contributed by atoms with van der Waals surface area (Å²) < 4.78 is 12.5. The van der Waals surface area contributed by atoms with Crippen molar-refractivity contribution in [3.8, 4) is 0 Å². The molecule has 2 rings (SSSR count). The highest BCUT2D eigenvalue weighted by molar-refractivity contribution is 14.1. The molecule has 0 saturated carbocycles. The molecule has 0 aliphatic rings. The molecule has 168 valence electrons. The summed E-state index contributed by atoms with van der Waals surface area (Å²) in [5.74, 6) is 0.0638. The summed E-state index contributed by atoms with van der Waals surface area (Å²) in [4.78, 5) is 26.4. The zero-order chi connectivity index (χ0) is 23.1. The SMILES string of the molecule is CC(=O)C(C)(COCC(C)(C)CN(C)C(=O)OCc1ccccc1)c1cccc(I)c1. The average Bonchev–Trinajstić information content (AvgIpc) is 2.72. The van der Waals surface area contributed by atoms with Crippen LogP contribution in [0, 0.1) is 8.99 Å². The zero-order valence-corrected chi connectivity index (χ0v) is 21.1. The first-order valence-corrected chi connectivity index (χ1v) is 11.4. The molecular formula is C25H32INO4. The van der Waals surface area contributed by atoms with Crippen molar-refractivity contribution in [2.24, 2.45) is 5.41 Å². The summed E-state index contributed by atoms with van der Waals surface area (Å²) in [5.41, 5.74) is 0.887. The van der Waals surface area contributed by atoms with Crippen LogP contribution in [0.15, 0.2) is 54.6 Å². The lowest BCUT2D eigenvalue weighted by Crippen LogP contribution is -2.41. The van der Waals surface area contributed by atoms with E-state index in [-0.39, 0.29) is 30.5 Å². The van der Waals surface area contributed by atoms with Crippen molar-refractivity contribution in [1.29, 1.82) is 0 Å². The van der Waals surface area contributed by atoms with E-state index in [9.17, 15) is 9.59 Å². The molecular weight excluding hydrogens is 505 g/mol. The number of hydrogen-bond acceptors (Lipinski definition) is 4. The van der Waals surface area contributed by atoms with Crippen molar-refractivity contribution < 1.29 is 19.1 Å². The monoisotopic (exact) mass is 537 g/mol. The van der Waals surface area contributed by atoms with Gasteiger partial charge in [-0.2, -0.15) is 0 Å². The molecule has 1 unspecified atom stereocenters. The Labute approximate surface area is 199 Å². The molecule has 0 aromatic heterocycles. The van der Waals surface area contributed by atoms with Crippen LogP contribution in [-0.4, -0.2) is 43.6 Å². The van der Waals surface area contributed by atoms with Crippen LogP contribution in [0.3, 0.4) is 0 Å². The van der Waals surface area contributed by atoms with E-state index < -0.39 is 5.41 Å². The number of halogens is 1. The van der Waals surface area contributed by atoms with Gasteiger partial charge < -0.3 is 14.4 Å². The number of Topliss-reactive ketones (excluding diaryl/α,β-unsaturated/α-hetero) is 1. The van der Waals surface area contributed by atoms with Crippen LogP contribution in [0.25, 0.3) is 0 Å². The van der Waals surface area contributed by atoms with Gasteiger partial charge in [0, 0.05) is 22.6 Å². The van der Waals surface area contributed by atoms with E-state index in [0.29, 0.717) is 13.2 Å². The second-order valence-electron chi connectivity index (χ2n) is 8.95. The number of carbonyl (C=O) groups excluding carboxylic acids is 2. The highest BCUT2D eigenvalue weighted by Gasteiger charge is 2.34. The molecule has 0 aliphatic heterocycles. The first-order chi connectivity index (χ1) is 14.5. The number of carbonyl (C=O) groups is 2. The quantitative estimate of drug-likeness (QED) is 0.379. The first kappa shape index (κ1) is 25.3. The number of ketones is 1. The third-order valence-corrected chi connectivity index (χ3v) is 5.98. The van der Waals surface area contributed by atoms with Crippen molar-refractivity contribution in [2.75, 3.05) is 26.8 Å². The Morgan fingerprint density at radius 3 is 2.29 bits per heavy atom. The molecule has 31 heavy (non-hydrogen) atoms. The molecule has 6 heteroatoms. The lowest BCUT2D eigenvalue weighted by Gasteiger charge is -2.32. The molecule has 0 N–H and O–H groups in total. The maximum atomic E-state index is 12.4. The molecule has 2 aromatic rings. The fourth-order valence-corrected chi connectivity index (χ4v) is 3.88. The van der Waals surface area contributed by atoms with Crippen LogP contribution in [0.5, 0.6) is 0 Å². The minimum Gasteiger partial charge on any atom is -0.445 e. The number of amides is 1. The molecule has 0 aliphatic carbocycles. The Hall–Kier alpha value is -1.93. The maximum absolute atomic E-state index is 12.4.